The van der Waals surface area contributed by atoms with Gasteiger partial charge in [0.15, 0.2) is 0 Å². The van der Waals surface area contributed by atoms with Gasteiger partial charge in [-0.3, -0.25) is 9.59 Å². The highest BCUT2D eigenvalue weighted by Gasteiger charge is 2.07. The van der Waals surface area contributed by atoms with E-state index in [-0.39, 0.29) is 34.9 Å². The molecule has 0 bridgehead atoms. The molecular formula is C23H45NO5. The minimum absolute atomic E-state index is 0. The minimum Gasteiger partial charge on any atom is -0.466 e. The van der Waals surface area contributed by atoms with Crippen LogP contribution in [0.1, 0.15) is 75.2 Å². The molecule has 0 aliphatic carbocycles. The van der Waals surface area contributed by atoms with Crippen LogP contribution >= 0.6 is 0 Å². The number of carbonyl (C=O) groups is 3. The highest BCUT2D eigenvalue weighted by atomic mass is 16.5. The predicted octanol–water partition coefficient (Wildman–Crippen LogP) is 4.42. The summed E-state index contributed by atoms with van der Waals surface area (Å²) in [5, 5.41) is 0. The van der Waals surface area contributed by atoms with Gasteiger partial charge >= 0.3 is 11.9 Å². The lowest BCUT2D eigenvalue weighted by molar-refractivity contribution is -0.144. The Labute approximate surface area is 185 Å². The third-order valence-electron chi connectivity index (χ3n) is 3.77. The second-order valence-electron chi connectivity index (χ2n) is 6.31. The quantitative estimate of drug-likeness (QED) is 0.193. The average molecular weight is 416 g/mol. The van der Waals surface area contributed by atoms with Gasteiger partial charge in [-0.2, -0.15) is 0 Å². The van der Waals surface area contributed by atoms with E-state index in [0.29, 0.717) is 25.9 Å². The fourth-order valence-electron chi connectivity index (χ4n) is 2.24. The van der Waals surface area contributed by atoms with Crippen LogP contribution in [0.5, 0.6) is 0 Å². The van der Waals surface area contributed by atoms with Crippen LogP contribution in [-0.2, 0) is 23.9 Å². The van der Waals surface area contributed by atoms with Gasteiger partial charge in [0, 0.05) is 42.3 Å². The monoisotopic (exact) mass is 415 g/mol. The maximum Gasteiger partial charge on any atom is 0.385 e. The lowest BCUT2D eigenvalue weighted by Gasteiger charge is -2.15. The Morgan fingerprint density at radius 3 is 2.24 bits per heavy atom. The van der Waals surface area contributed by atoms with Crippen molar-refractivity contribution in [3.05, 3.63) is 0 Å². The molecule has 0 spiro atoms. The summed E-state index contributed by atoms with van der Waals surface area (Å²) >= 11 is 0. The molecule has 0 aromatic carbocycles. The first-order valence-electron chi connectivity index (χ1n) is 10.00. The summed E-state index contributed by atoms with van der Waals surface area (Å²) in [4.78, 5) is 36.4. The first-order valence-corrected chi connectivity index (χ1v) is 10.00. The molecule has 0 fully saturated rings. The summed E-state index contributed by atoms with van der Waals surface area (Å²) in [6.07, 6.45) is 5.31. The van der Waals surface area contributed by atoms with E-state index in [1.54, 1.807) is 11.8 Å². The highest BCUT2D eigenvalue weighted by Crippen LogP contribution is 2.05. The molecule has 172 valence electrons. The Morgan fingerprint density at radius 2 is 1.52 bits per heavy atom. The maximum absolute atomic E-state index is 11.8. The van der Waals surface area contributed by atoms with Gasteiger partial charge in [-0.15, -0.1) is 0 Å². The summed E-state index contributed by atoms with van der Waals surface area (Å²) in [5.41, 5.74) is 0. The third-order valence-corrected chi connectivity index (χ3v) is 3.77. The van der Waals surface area contributed by atoms with E-state index in [0.717, 1.165) is 32.2 Å². The molecular weight excluding hydrogens is 370 g/mol. The van der Waals surface area contributed by atoms with Gasteiger partial charge in [0.05, 0.1) is 13.2 Å². The molecule has 0 N–H and O–H groups in total. The Balaban J connectivity index is -0.000000187. The van der Waals surface area contributed by atoms with Crippen molar-refractivity contribution in [2.45, 2.75) is 65.2 Å². The van der Waals surface area contributed by atoms with E-state index in [2.05, 4.69) is 35.5 Å². The van der Waals surface area contributed by atoms with Crippen LogP contribution in [0.3, 0.4) is 0 Å². The van der Waals surface area contributed by atoms with Gasteiger partial charge in [0.2, 0.25) is 5.91 Å². The first kappa shape index (κ1) is 26.1. The molecule has 0 aromatic heterocycles. The normalized spacial score (nSPS) is 8.93. The second-order valence-corrected chi connectivity index (χ2v) is 6.31. The lowest BCUT2D eigenvalue weighted by atomic mass is 10.2. The zero-order chi connectivity index (χ0) is 21.7. The zero-order valence-electron chi connectivity index (χ0n) is 17.8. The van der Waals surface area contributed by atoms with Crippen molar-refractivity contribution in [2.75, 3.05) is 26.8 Å². The van der Waals surface area contributed by atoms with Crippen molar-refractivity contribution in [2.24, 2.45) is 0 Å². The molecule has 6 nitrogen and oxygen atoms in total. The lowest BCUT2D eigenvalue weighted by Crippen LogP contribution is -2.26. The molecule has 0 heterocycles. The van der Waals surface area contributed by atoms with Gasteiger partial charge in [-0.05, 0) is 69.1 Å². The summed E-state index contributed by atoms with van der Waals surface area (Å²) in [5.74, 6) is 13.8. The molecule has 0 atom stereocenters. The topological polar surface area (TPSA) is 72.9 Å². The number of hydrogen-bond acceptors (Lipinski definition) is 5. The number of nitrogens with zero attached hydrogens (tertiary/aromatic N) is 1. The van der Waals surface area contributed by atoms with Crippen molar-refractivity contribution in [1.82, 2.24) is 4.90 Å². The SMILES string of the molecule is CC#CC#CC#CC(=O)OCCCCC(=O)OCCCCCC(=O)N(C)CCC.[HH].[HH].[HH].[HH].[HH].[HH].[HH]. The van der Waals surface area contributed by atoms with Crippen LogP contribution in [0.4, 0.5) is 0 Å². The fourth-order valence-corrected chi connectivity index (χ4v) is 2.24. The van der Waals surface area contributed by atoms with E-state index < -0.39 is 5.97 Å². The largest absolute Gasteiger partial charge is 0.466 e. The van der Waals surface area contributed by atoms with Gasteiger partial charge in [-0.25, -0.2) is 4.79 Å². The van der Waals surface area contributed by atoms with Crippen LogP contribution in [0.15, 0.2) is 0 Å². The second kappa shape index (κ2) is 18.5. The molecule has 1 amide bonds. The van der Waals surface area contributed by atoms with Crippen molar-refractivity contribution < 1.29 is 33.8 Å². The number of ether oxygens (including phenoxy) is 2. The molecule has 0 saturated carbocycles. The number of rotatable bonds is 13. The Kier molecular flexibility index (Phi) is 16.6. The number of esters is 2. The van der Waals surface area contributed by atoms with Crippen molar-refractivity contribution in [3.63, 3.8) is 0 Å². The van der Waals surface area contributed by atoms with Crippen LogP contribution < -0.4 is 0 Å². The Bertz CT molecular complexity index is 720. The molecule has 0 saturated heterocycles. The first-order chi connectivity index (χ1) is 14.0. The summed E-state index contributed by atoms with van der Waals surface area (Å²) in [6, 6.07) is 0. The fraction of sp³-hybridized carbons (Fsp3) is 0.609. The molecule has 0 radical (unpaired) electrons. The number of carbonyl (C=O) groups excluding carboxylic acids is 3. The number of hydrogen-bond donors (Lipinski definition) is 0. The standard InChI is InChI=1S/C23H31NO5.7H2/c1-4-6-7-8-11-16-22(26)29-20-14-12-17-23(27)28-19-13-9-10-15-21(25)24(3)18-5-2;;;;;;;/h5,9-10,12-15,17-20H2,1-3H3;7*1H. The van der Waals surface area contributed by atoms with E-state index in [4.69, 9.17) is 9.47 Å². The van der Waals surface area contributed by atoms with E-state index in [9.17, 15) is 14.4 Å². The van der Waals surface area contributed by atoms with Gasteiger partial charge in [0.25, 0.3) is 0 Å². The summed E-state index contributed by atoms with van der Waals surface area (Å²) in [7, 11) is 1.82. The van der Waals surface area contributed by atoms with Crippen LogP contribution in [0.2, 0.25) is 0 Å². The Morgan fingerprint density at radius 1 is 0.862 bits per heavy atom. The highest BCUT2D eigenvalue weighted by molar-refractivity contribution is 5.89. The van der Waals surface area contributed by atoms with Gasteiger partial charge in [-0.1, -0.05) is 12.8 Å². The van der Waals surface area contributed by atoms with Gasteiger partial charge in [0.1, 0.15) is 0 Å². The minimum atomic E-state index is -0.647. The summed E-state index contributed by atoms with van der Waals surface area (Å²) < 4.78 is 10.1. The van der Waals surface area contributed by atoms with Crippen molar-refractivity contribution in [3.8, 4) is 35.5 Å². The Hall–Kier alpha value is -2.91. The van der Waals surface area contributed by atoms with Crippen LogP contribution in [-0.4, -0.2) is 49.6 Å². The van der Waals surface area contributed by atoms with Gasteiger partial charge < -0.3 is 14.4 Å². The number of unbranched alkanes of at least 4 members (excludes halogenated alkanes) is 3. The van der Waals surface area contributed by atoms with Crippen molar-refractivity contribution in [1.29, 1.82) is 0 Å². The predicted molar refractivity (Wildman–Crippen MR) is 126 cm³/mol. The molecule has 0 aliphatic rings. The van der Waals surface area contributed by atoms with E-state index in [1.165, 1.54) is 0 Å². The third kappa shape index (κ3) is 17.0. The molecule has 0 unspecified atom stereocenters. The average Bonchev–Trinajstić information content (AvgIpc) is 2.70. The molecule has 0 aliphatic heterocycles. The van der Waals surface area contributed by atoms with E-state index >= 15 is 0 Å². The van der Waals surface area contributed by atoms with Crippen LogP contribution in [0.25, 0.3) is 0 Å². The molecule has 0 rings (SSSR count). The molecule has 6 heteroatoms. The number of amides is 1. The van der Waals surface area contributed by atoms with Crippen LogP contribution in [0, 0.1) is 35.5 Å². The van der Waals surface area contributed by atoms with E-state index in [1.807, 2.05) is 14.0 Å². The van der Waals surface area contributed by atoms with Crippen molar-refractivity contribution >= 4 is 17.8 Å². The molecule has 0 aromatic rings. The smallest absolute Gasteiger partial charge is 0.385 e. The molecule has 29 heavy (non-hydrogen) atoms. The zero-order valence-corrected chi connectivity index (χ0v) is 17.8. The maximum atomic E-state index is 11.8. The summed E-state index contributed by atoms with van der Waals surface area (Å²) in [6.45, 7) is 5.05.